The molecule has 8 amide bonds. The number of rotatable bonds is 14. The topological polar surface area (TPSA) is 301 Å². The van der Waals surface area contributed by atoms with Gasteiger partial charge >= 0.3 is 5.97 Å². The lowest BCUT2D eigenvalue weighted by Gasteiger charge is -2.32. The molecule has 2 aliphatic rings. The minimum Gasteiger partial charge on any atom is -0.481 e. The number of primary amides is 1. The number of allylic oxidation sites excluding steroid dienone is 1. The van der Waals surface area contributed by atoms with E-state index < -0.39 is 95.9 Å². The highest BCUT2D eigenvalue weighted by Crippen LogP contribution is 2.27. The van der Waals surface area contributed by atoms with Crippen LogP contribution >= 0.6 is 0 Å². The summed E-state index contributed by atoms with van der Waals surface area (Å²) in [7, 11) is 0. The van der Waals surface area contributed by atoms with E-state index in [0.29, 0.717) is 31.2 Å². The minimum atomic E-state index is -1.30. The number of carboxylic acids is 1. The number of nitrogens with two attached hydrogens (primary N) is 1. The van der Waals surface area contributed by atoms with Gasteiger partial charge in [-0.2, -0.15) is 0 Å². The standard InChI is InChI=1S/C40H56N8O11/c1-2-12-26(35(54)40(59)43-23-31(51)47-33(36(41)55)24-13-5-3-6-14-24)45-37(56)27-17-9-10-22-42-29(49)18-11-19-30(50)44-28(20-21-32(52)53)38(57)48-34(39(58)46-27)25-15-7-4-8-16-25/h3,5-6,12-14,25,27-28,33-34H,2,4,7-11,15-23H2,1H3,(H2,41,55)(H,42,49)(H,43,59)(H,44,50)(H,45,56)(H,46,58)(H,47,51)(H,48,57)(H,52,53)/b26-12+/t27?,28?,33-,34-/m0/s1. The summed E-state index contributed by atoms with van der Waals surface area (Å²) >= 11 is 0. The van der Waals surface area contributed by atoms with E-state index in [9.17, 15) is 53.1 Å². The van der Waals surface area contributed by atoms with Crippen LogP contribution in [0.5, 0.6) is 0 Å². The molecule has 59 heavy (non-hydrogen) atoms. The third kappa shape index (κ3) is 16.3. The second-order valence-corrected chi connectivity index (χ2v) is 14.5. The van der Waals surface area contributed by atoms with Gasteiger partial charge in [-0.3, -0.25) is 47.9 Å². The molecule has 0 aromatic heterocycles. The summed E-state index contributed by atoms with van der Waals surface area (Å²) in [6.45, 7) is 1.16. The lowest BCUT2D eigenvalue weighted by molar-refractivity contribution is -0.138. The zero-order valence-corrected chi connectivity index (χ0v) is 33.3. The summed E-state index contributed by atoms with van der Waals surface area (Å²) in [6, 6.07) is 3.17. The molecule has 1 aromatic rings. The van der Waals surface area contributed by atoms with Crippen molar-refractivity contribution in [3.8, 4) is 0 Å². The van der Waals surface area contributed by atoms with Gasteiger partial charge in [0.1, 0.15) is 24.2 Å². The Morgan fingerprint density at radius 2 is 1.53 bits per heavy atom. The molecule has 2 unspecified atom stereocenters. The molecule has 0 spiro atoms. The number of nitrogens with one attached hydrogen (secondary N) is 7. The predicted molar refractivity (Wildman–Crippen MR) is 211 cm³/mol. The Hall–Kier alpha value is -6.14. The van der Waals surface area contributed by atoms with Gasteiger partial charge in [0.15, 0.2) is 0 Å². The van der Waals surface area contributed by atoms with E-state index in [-0.39, 0.29) is 56.9 Å². The largest absolute Gasteiger partial charge is 0.481 e. The third-order valence-corrected chi connectivity index (χ3v) is 9.93. The third-order valence-electron chi connectivity index (χ3n) is 9.93. The van der Waals surface area contributed by atoms with Crippen LogP contribution in [-0.2, 0) is 47.9 Å². The van der Waals surface area contributed by atoms with Gasteiger partial charge in [-0.05, 0) is 62.8 Å². The number of Topliss-reactive ketones (excluding diaryl/α,β-unsaturated/α-hetero) is 1. The number of amides is 8. The summed E-state index contributed by atoms with van der Waals surface area (Å²) < 4.78 is 0. The average Bonchev–Trinajstić information content (AvgIpc) is 3.21. The van der Waals surface area contributed by atoms with E-state index in [4.69, 9.17) is 5.73 Å². The van der Waals surface area contributed by atoms with Crippen molar-refractivity contribution in [1.29, 1.82) is 0 Å². The van der Waals surface area contributed by atoms with Crippen molar-refractivity contribution < 1.29 is 53.1 Å². The molecule has 2 fully saturated rings. The zero-order chi connectivity index (χ0) is 43.3. The van der Waals surface area contributed by atoms with E-state index in [2.05, 4.69) is 37.2 Å². The van der Waals surface area contributed by atoms with Crippen LogP contribution in [-0.4, -0.2) is 95.3 Å². The Bertz CT molecular complexity index is 1730. The van der Waals surface area contributed by atoms with Crippen LogP contribution in [0.15, 0.2) is 42.1 Å². The van der Waals surface area contributed by atoms with E-state index in [1.807, 2.05) is 0 Å². The number of aliphatic carboxylic acids is 1. The smallest absolute Gasteiger partial charge is 0.303 e. The maximum absolute atomic E-state index is 14.1. The molecule has 1 saturated heterocycles. The van der Waals surface area contributed by atoms with Crippen LogP contribution in [0, 0.1) is 5.92 Å². The normalized spacial score (nSPS) is 21.1. The maximum Gasteiger partial charge on any atom is 0.303 e. The van der Waals surface area contributed by atoms with E-state index in [1.165, 1.54) is 6.08 Å². The Labute approximate surface area is 342 Å². The second-order valence-electron chi connectivity index (χ2n) is 14.5. The molecule has 1 heterocycles. The van der Waals surface area contributed by atoms with Gasteiger partial charge in [-0.1, -0.05) is 62.6 Å². The Kier molecular flexibility index (Phi) is 19.7. The number of carboxylic acid groups (broad SMARTS) is 1. The van der Waals surface area contributed by atoms with Crippen LogP contribution in [0.1, 0.15) is 108 Å². The summed E-state index contributed by atoms with van der Waals surface area (Å²) in [6.07, 6.45) is 5.19. The van der Waals surface area contributed by atoms with E-state index in [0.717, 1.165) is 19.3 Å². The zero-order valence-electron chi connectivity index (χ0n) is 33.3. The van der Waals surface area contributed by atoms with Crippen molar-refractivity contribution in [1.82, 2.24) is 37.2 Å². The molecule has 322 valence electrons. The summed E-state index contributed by atoms with van der Waals surface area (Å²) in [5, 5.41) is 27.0. The average molecular weight is 825 g/mol. The number of hydrogen-bond acceptors (Lipinski definition) is 10. The van der Waals surface area contributed by atoms with E-state index >= 15 is 0 Å². The highest BCUT2D eigenvalue weighted by Gasteiger charge is 2.36. The number of carbonyl (C=O) groups excluding carboxylic acids is 9. The van der Waals surface area contributed by atoms with Crippen molar-refractivity contribution in [2.75, 3.05) is 13.1 Å². The second kappa shape index (κ2) is 24.6. The molecule has 1 saturated carbocycles. The molecule has 0 radical (unpaired) electrons. The molecule has 10 N–H and O–H groups in total. The molecule has 19 heteroatoms. The first-order chi connectivity index (χ1) is 28.2. The number of hydrogen-bond donors (Lipinski definition) is 9. The molecule has 19 nitrogen and oxygen atoms in total. The fourth-order valence-electron chi connectivity index (χ4n) is 6.82. The SMILES string of the molecule is CC/C=C(/NC(=O)C1CCCCNC(=O)CCCC(=O)NC(CCC(=O)O)C(=O)N[C@@H](C2CCCCC2)C(=O)N1)C(=O)C(=O)NCC(=O)N[C@H](C(N)=O)c1ccccc1. The maximum atomic E-state index is 14.1. The quantitative estimate of drug-likeness (QED) is 0.0874. The summed E-state index contributed by atoms with van der Waals surface area (Å²) in [4.78, 5) is 129. The van der Waals surface area contributed by atoms with Gasteiger partial charge in [0, 0.05) is 25.8 Å². The molecular formula is C40H56N8O11. The van der Waals surface area contributed by atoms with Gasteiger partial charge in [0.25, 0.3) is 11.7 Å². The van der Waals surface area contributed by atoms with Gasteiger partial charge in [0.2, 0.25) is 41.4 Å². The first-order valence-electron chi connectivity index (χ1n) is 20.1. The van der Waals surface area contributed by atoms with Gasteiger partial charge in [0.05, 0.1) is 12.2 Å². The highest BCUT2D eigenvalue weighted by molar-refractivity contribution is 6.43. The van der Waals surface area contributed by atoms with Crippen molar-refractivity contribution in [2.24, 2.45) is 11.7 Å². The lowest BCUT2D eigenvalue weighted by Crippen LogP contribution is -2.59. The molecule has 1 aliphatic carbocycles. The molecule has 1 aliphatic heterocycles. The lowest BCUT2D eigenvalue weighted by atomic mass is 9.83. The van der Waals surface area contributed by atoms with Crippen LogP contribution in [0.2, 0.25) is 0 Å². The number of benzene rings is 1. The number of carbonyl (C=O) groups is 10. The fourth-order valence-corrected chi connectivity index (χ4v) is 6.82. The van der Waals surface area contributed by atoms with Crippen LogP contribution in [0.4, 0.5) is 0 Å². The highest BCUT2D eigenvalue weighted by atomic mass is 16.4. The first-order valence-corrected chi connectivity index (χ1v) is 20.1. The molecular weight excluding hydrogens is 768 g/mol. The number of ketones is 1. The van der Waals surface area contributed by atoms with Crippen molar-refractivity contribution in [3.05, 3.63) is 47.7 Å². The predicted octanol–water partition coefficient (Wildman–Crippen LogP) is -0.205. The van der Waals surface area contributed by atoms with Gasteiger partial charge < -0.3 is 48.1 Å². The Morgan fingerprint density at radius 1 is 0.847 bits per heavy atom. The van der Waals surface area contributed by atoms with Gasteiger partial charge in [-0.25, -0.2) is 0 Å². The summed E-state index contributed by atoms with van der Waals surface area (Å²) in [5.74, 6) is -8.92. The molecule has 1 aromatic carbocycles. The van der Waals surface area contributed by atoms with Crippen LogP contribution < -0.4 is 43.0 Å². The Balaban J connectivity index is 1.81. The minimum absolute atomic E-state index is 0.0185. The fraction of sp³-hybridized carbons (Fsp3) is 0.550. The van der Waals surface area contributed by atoms with Crippen molar-refractivity contribution in [3.63, 3.8) is 0 Å². The summed E-state index contributed by atoms with van der Waals surface area (Å²) in [5.41, 5.74) is 5.42. The van der Waals surface area contributed by atoms with Crippen LogP contribution in [0.25, 0.3) is 0 Å². The first kappa shape index (κ1) is 47.2. The van der Waals surface area contributed by atoms with E-state index in [1.54, 1.807) is 37.3 Å². The van der Waals surface area contributed by atoms with Crippen molar-refractivity contribution >= 4 is 59.0 Å². The monoisotopic (exact) mass is 824 g/mol. The van der Waals surface area contributed by atoms with Crippen molar-refractivity contribution in [2.45, 2.75) is 121 Å². The molecule has 4 atom stereocenters. The van der Waals surface area contributed by atoms with Gasteiger partial charge in [-0.15, -0.1) is 0 Å². The Morgan fingerprint density at radius 3 is 2.19 bits per heavy atom. The molecule has 0 bridgehead atoms. The molecule has 3 rings (SSSR count). The van der Waals surface area contributed by atoms with Crippen LogP contribution in [0.3, 0.4) is 0 Å².